The molecule has 4 heterocycles. The van der Waals surface area contributed by atoms with Gasteiger partial charge in [0.2, 0.25) is 0 Å². The van der Waals surface area contributed by atoms with Crippen LogP contribution in [0.4, 0.5) is 5.69 Å². The summed E-state index contributed by atoms with van der Waals surface area (Å²) in [5.41, 5.74) is 3.87. The molecule has 0 bridgehead atoms. The molecule has 1 aromatic heterocycles. The summed E-state index contributed by atoms with van der Waals surface area (Å²) in [6, 6.07) is 10.7. The van der Waals surface area contributed by atoms with Crippen molar-refractivity contribution in [1.29, 1.82) is 0 Å². The fourth-order valence-electron chi connectivity index (χ4n) is 4.77. The molecular weight excluding hydrogens is 370 g/mol. The lowest BCUT2D eigenvalue weighted by Gasteiger charge is -2.40. The third-order valence-electron chi connectivity index (χ3n) is 6.26. The van der Waals surface area contributed by atoms with Crippen molar-refractivity contribution in [3.05, 3.63) is 51.2 Å². The second-order valence-corrected chi connectivity index (χ2v) is 8.98. The highest BCUT2D eigenvalue weighted by atomic mass is 32.1. The molecule has 0 radical (unpaired) electrons. The van der Waals surface area contributed by atoms with Crippen LogP contribution < -0.4 is 15.5 Å². The molecule has 2 aromatic rings. The number of hydrogen-bond acceptors (Lipinski definition) is 5. The largest absolute Gasteiger partial charge is 0.369 e. The zero-order chi connectivity index (χ0) is 19.0. The van der Waals surface area contributed by atoms with Crippen LogP contribution in [0, 0.1) is 0 Å². The molecule has 1 amide bonds. The Morgan fingerprint density at radius 1 is 1.21 bits per heavy atom. The van der Waals surface area contributed by atoms with E-state index in [0.29, 0.717) is 6.54 Å². The molecule has 1 spiro atoms. The third kappa shape index (κ3) is 3.23. The summed E-state index contributed by atoms with van der Waals surface area (Å²) in [4.78, 5) is 17.3. The predicted molar refractivity (Wildman–Crippen MR) is 112 cm³/mol. The number of rotatable bonds is 4. The molecule has 5 rings (SSSR count). The van der Waals surface area contributed by atoms with E-state index in [0.717, 1.165) is 63.3 Å². The maximum absolute atomic E-state index is 12.8. The monoisotopic (exact) mass is 397 g/mol. The average Bonchev–Trinajstić information content (AvgIpc) is 3.34. The Morgan fingerprint density at radius 3 is 2.96 bits per heavy atom. The number of thiophene rings is 1. The van der Waals surface area contributed by atoms with Crippen molar-refractivity contribution in [1.82, 2.24) is 10.6 Å². The van der Waals surface area contributed by atoms with Gasteiger partial charge >= 0.3 is 0 Å². The third-order valence-corrected chi connectivity index (χ3v) is 7.62. The molecule has 0 saturated carbocycles. The molecule has 3 aliphatic heterocycles. The van der Waals surface area contributed by atoms with Crippen LogP contribution in [0.3, 0.4) is 0 Å². The SMILES string of the molecule is O=C(NCCN1CCc2ccccc21)c1cc2c(s1)C1(CCNCC1)OCC2. The summed E-state index contributed by atoms with van der Waals surface area (Å²) in [6.45, 7) is 5.29. The van der Waals surface area contributed by atoms with E-state index in [1.165, 1.54) is 21.7 Å². The second kappa shape index (κ2) is 7.50. The van der Waals surface area contributed by atoms with E-state index in [9.17, 15) is 4.79 Å². The van der Waals surface area contributed by atoms with E-state index in [4.69, 9.17) is 4.74 Å². The fraction of sp³-hybridized carbons (Fsp3) is 0.500. The summed E-state index contributed by atoms with van der Waals surface area (Å²) in [5, 5.41) is 6.55. The maximum Gasteiger partial charge on any atom is 0.261 e. The number of nitrogens with one attached hydrogen (secondary N) is 2. The molecule has 6 heteroatoms. The molecule has 1 fully saturated rings. The van der Waals surface area contributed by atoms with Gasteiger partial charge in [-0.25, -0.2) is 0 Å². The van der Waals surface area contributed by atoms with Crippen LogP contribution in [-0.2, 0) is 23.2 Å². The molecule has 1 aromatic carbocycles. The highest BCUT2D eigenvalue weighted by Gasteiger charge is 2.41. The van der Waals surface area contributed by atoms with Gasteiger partial charge in [-0.15, -0.1) is 11.3 Å². The van der Waals surface area contributed by atoms with Crippen LogP contribution in [0.2, 0.25) is 0 Å². The molecule has 1 saturated heterocycles. The summed E-state index contributed by atoms with van der Waals surface area (Å²) in [5.74, 6) is 0.0518. The van der Waals surface area contributed by atoms with Crippen LogP contribution in [0.5, 0.6) is 0 Å². The molecule has 3 aliphatic rings. The second-order valence-electron chi connectivity index (χ2n) is 7.93. The minimum atomic E-state index is -0.165. The van der Waals surface area contributed by atoms with Gasteiger partial charge in [0.15, 0.2) is 0 Å². The van der Waals surface area contributed by atoms with Gasteiger partial charge in [-0.05, 0) is 62.0 Å². The smallest absolute Gasteiger partial charge is 0.261 e. The van der Waals surface area contributed by atoms with Gasteiger partial charge in [0.25, 0.3) is 5.91 Å². The minimum Gasteiger partial charge on any atom is -0.369 e. The van der Waals surface area contributed by atoms with Crippen molar-refractivity contribution >= 4 is 22.9 Å². The van der Waals surface area contributed by atoms with Gasteiger partial charge in [0.05, 0.1) is 11.5 Å². The molecule has 0 unspecified atom stereocenters. The maximum atomic E-state index is 12.8. The van der Waals surface area contributed by atoms with E-state index in [2.05, 4.69) is 45.9 Å². The van der Waals surface area contributed by atoms with Crippen molar-refractivity contribution in [2.24, 2.45) is 0 Å². The molecular formula is C22H27N3O2S. The predicted octanol–water partition coefficient (Wildman–Crippen LogP) is 2.69. The number of piperidine rings is 1. The summed E-state index contributed by atoms with van der Waals surface area (Å²) in [6.07, 6.45) is 4.00. The van der Waals surface area contributed by atoms with Crippen LogP contribution in [0.15, 0.2) is 30.3 Å². The minimum absolute atomic E-state index is 0.0518. The van der Waals surface area contributed by atoms with Crippen LogP contribution in [0.25, 0.3) is 0 Å². The zero-order valence-corrected chi connectivity index (χ0v) is 16.9. The van der Waals surface area contributed by atoms with E-state index in [1.807, 2.05) is 0 Å². The lowest BCUT2D eigenvalue weighted by Crippen LogP contribution is -2.43. The van der Waals surface area contributed by atoms with E-state index in [1.54, 1.807) is 11.3 Å². The van der Waals surface area contributed by atoms with Gasteiger partial charge < -0.3 is 20.3 Å². The van der Waals surface area contributed by atoms with Gasteiger partial charge in [-0.2, -0.15) is 0 Å². The van der Waals surface area contributed by atoms with Crippen molar-refractivity contribution in [2.45, 2.75) is 31.3 Å². The van der Waals surface area contributed by atoms with Crippen LogP contribution in [0.1, 0.15) is 38.5 Å². The molecule has 2 N–H and O–H groups in total. The Kier molecular flexibility index (Phi) is 4.87. The Morgan fingerprint density at radius 2 is 2.07 bits per heavy atom. The number of nitrogens with zero attached hydrogens (tertiary/aromatic N) is 1. The standard InChI is InChI=1S/C22H27N3O2S/c26-21(24-11-13-25-12-5-16-3-1-2-4-18(16)25)19-15-17-6-14-27-22(20(17)28-19)7-9-23-10-8-22/h1-4,15,23H,5-14H2,(H,24,26). The lowest BCUT2D eigenvalue weighted by atomic mass is 9.86. The lowest BCUT2D eigenvalue weighted by molar-refractivity contribution is -0.0771. The van der Waals surface area contributed by atoms with Crippen molar-refractivity contribution in [3.8, 4) is 0 Å². The molecule has 0 atom stereocenters. The number of carbonyl (C=O) groups excluding carboxylic acids is 1. The number of para-hydroxylation sites is 1. The number of hydrogen-bond donors (Lipinski definition) is 2. The highest BCUT2D eigenvalue weighted by molar-refractivity contribution is 7.14. The molecule has 0 aliphatic carbocycles. The Labute approximate surface area is 170 Å². The van der Waals surface area contributed by atoms with Gasteiger partial charge in [0.1, 0.15) is 5.60 Å². The number of amides is 1. The summed E-state index contributed by atoms with van der Waals surface area (Å²) < 4.78 is 6.24. The Balaban J connectivity index is 1.23. The van der Waals surface area contributed by atoms with E-state index in [-0.39, 0.29) is 11.5 Å². The summed E-state index contributed by atoms with van der Waals surface area (Å²) >= 11 is 1.64. The number of ether oxygens (including phenoxy) is 1. The molecule has 148 valence electrons. The van der Waals surface area contributed by atoms with Gasteiger partial charge in [-0.1, -0.05) is 18.2 Å². The van der Waals surface area contributed by atoms with Gasteiger partial charge in [0, 0.05) is 30.2 Å². The van der Waals surface area contributed by atoms with E-state index >= 15 is 0 Å². The number of anilines is 1. The first-order chi connectivity index (χ1) is 13.8. The quantitative estimate of drug-likeness (QED) is 0.833. The molecule has 28 heavy (non-hydrogen) atoms. The Bertz CT molecular complexity index is 872. The van der Waals surface area contributed by atoms with Crippen LogP contribution >= 0.6 is 11.3 Å². The molecule has 5 nitrogen and oxygen atoms in total. The average molecular weight is 398 g/mol. The zero-order valence-electron chi connectivity index (χ0n) is 16.1. The first-order valence-corrected chi connectivity index (χ1v) is 11.2. The Hall–Kier alpha value is -1.89. The number of fused-ring (bicyclic) bond motifs is 3. The van der Waals surface area contributed by atoms with Crippen molar-refractivity contribution in [3.63, 3.8) is 0 Å². The van der Waals surface area contributed by atoms with Crippen molar-refractivity contribution in [2.75, 3.05) is 44.2 Å². The topological polar surface area (TPSA) is 53.6 Å². The normalized spacial score (nSPS) is 20.1. The highest BCUT2D eigenvalue weighted by Crippen LogP contribution is 2.44. The number of benzene rings is 1. The number of carbonyl (C=O) groups is 1. The first-order valence-electron chi connectivity index (χ1n) is 10.3. The van der Waals surface area contributed by atoms with E-state index < -0.39 is 0 Å². The summed E-state index contributed by atoms with van der Waals surface area (Å²) in [7, 11) is 0. The fourth-order valence-corrected chi connectivity index (χ4v) is 6.09. The van der Waals surface area contributed by atoms with Crippen LogP contribution in [-0.4, -0.2) is 45.2 Å². The van der Waals surface area contributed by atoms with Crippen molar-refractivity contribution < 1.29 is 9.53 Å². The van der Waals surface area contributed by atoms with Gasteiger partial charge in [-0.3, -0.25) is 4.79 Å². The first kappa shape index (κ1) is 18.2.